The molecule has 10 unspecified atom stereocenters. The van der Waals surface area contributed by atoms with E-state index in [4.69, 9.17) is 0 Å². The summed E-state index contributed by atoms with van der Waals surface area (Å²) in [7, 11) is 0. The van der Waals surface area contributed by atoms with Crippen LogP contribution in [0, 0.1) is 55.2 Å². The van der Waals surface area contributed by atoms with E-state index in [0.717, 1.165) is 11.8 Å². The van der Waals surface area contributed by atoms with Crippen molar-refractivity contribution in [3.63, 3.8) is 0 Å². The minimum atomic E-state index is 0.515. The van der Waals surface area contributed by atoms with Gasteiger partial charge in [0, 0.05) is 0 Å². The average Bonchev–Trinajstić information content (AvgIpc) is 2.69. The molecule has 6 rings (SSSR count). The van der Waals surface area contributed by atoms with E-state index in [-0.39, 0.29) is 0 Å². The Bertz CT molecular complexity index is 590. The van der Waals surface area contributed by atoms with Gasteiger partial charge in [-0.05, 0) is 68.0 Å². The van der Waals surface area contributed by atoms with Crippen molar-refractivity contribution >= 4 is 0 Å². The quantitative estimate of drug-likeness (QED) is 0.503. The lowest BCUT2D eigenvalue weighted by Crippen LogP contribution is -2.93. The summed E-state index contributed by atoms with van der Waals surface area (Å²) in [5.74, 6) is 1.70. The lowest BCUT2D eigenvalue weighted by molar-refractivity contribution is -0.503. The number of hydrogen-bond donors (Lipinski definition) is 0. The average molecular weight is 301 g/mol. The molecule has 10 atom stereocenters. The third kappa shape index (κ3) is 0.619. The van der Waals surface area contributed by atoms with E-state index >= 15 is 0 Å². The van der Waals surface area contributed by atoms with Crippen LogP contribution < -0.4 is 0 Å². The zero-order chi connectivity index (χ0) is 16.6. The normalized spacial score (nSPS) is 83.2. The molecule has 6 aliphatic carbocycles. The summed E-state index contributed by atoms with van der Waals surface area (Å²) in [5.41, 5.74) is 4.19. The molecule has 0 aliphatic heterocycles. The highest BCUT2D eigenvalue weighted by Gasteiger charge is 3.05. The van der Waals surface area contributed by atoms with Crippen LogP contribution in [0.1, 0.15) is 82.1 Å². The SMILES string of the molecule is CC1C2(C)CC3(C)C1(C)C1(C)C4(C)CC2(C)C(C)C4(C)C31C. The van der Waals surface area contributed by atoms with Crippen LogP contribution in [0.5, 0.6) is 0 Å². The van der Waals surface area contributed by atoms with Crippen LogP contribution in [0.3, 0.4) is 0 Å². The van der Waals surface area contributed by atoms with Crippen LogP contribution in [-0.4, -0.2) is 0 Å². The molecule has 0 aromatic carbocycles. The van der Waals surface area contributed by atoms with Gasteiger partial charge in [-0.25, -0.2) is 0 Å². The van der Waals surface area contributed by atoms with E-state index in [1.165, 1.54) is 12.8 Å². The molecule has 6 saturated carbocycles. The van der Waals surface area contributed by atoms with E-state index in [1.807, 2.05) is 0 Å². The molecular formula is C22H36. The first-order valence-corrected chi connectivity index (χ1v) is 9.72. The Labute approximate surface area is 137 Å². The standard InChI is InChI=1S/C22H36/c1-13-15(3)11-17(5)19(13,7)21(9)18(6)12-16(15,4)14(2)20(18,8)22(17,21)10/h13-14H,11-12H2,1-10H3. The van der Waals surface area contributed by atoms with Gasteiger partial charge in [-0.2, -0.15) is 0 Å². The van der Waals surface area contributed by atoms with Crippen LogP contribution in [0.15, 0.2) is 0 Å². The van der Waals surface area contributed by atoms with Gasteiger partial charge in [0.2, 0.25) is 0 Å². The fourth-order valence-electron chi connectivity index (χ4n) is 12.3. The third-order valence-electron chi connectivity index (χ3n) is 14.0. The maximum absolute atomic E-state index is 2.71. The Morgan fingerprint density at radius 2 is 0.818 bits per heavy atom. The maximum atomic E-state index is 2.71. The largest absolute Gasteiger partial charge is 0.0614 e. The first-order valence-electron chi connectivity index (χ1n) is 9.72. The molecule has 6 bridgehead atoms. The predicted molar refractivity (Wildman–Crippen MR) is 92.4 cm³/mol. The van der Waals surface area contributed by atoms with Gasteiger partial charge in [0.1, 0.15) is 0 Å². The molecule has 0 radical (unpaired) electrons. The van der Waals surface area contributed by atoms with Gasteiger partial charge in [-0.3, -0.25) is 0 Å². The molecule has 6 fully saturated rings. The molecule has 22 heavy (non-hydrogen) atoms. The van der Waals surface area contributed by atoms with Gasteiger partial charge in [-0.1, -0.05) is 69.2 Å². The van der Waals surface area contributed by atoms with Crippen molar-refractivity contribution in [3.8, 4) is 0 Å². The summed E-state index contributed by atoms with van der Waals surface area (Å²) in [6.45, 7) is 26.8. The van der Waals surface area contributed by atoms with Crippen molar-refractivity contribution in [2.24, 2.45) is 55.2 Å². The van der Waals surface area contributed by atoms with E-state index in [1.54, 1.807) is 0 Å². The molecule has 0 aromatic rings. The van der Waals surface area contributed by atoms with Crippen LogP contribution in [0.2, 0.25) is 0 Å². The van der Waals surface area contributed by atoms with Crippen LogP contribution in [0.25, 0.3) is 0 Å². The van der Waals surface area contributed by atoms with Gasteiger partial charge in [0.25, 0.3) is 0 Å². The van der Waals surface area contributed by atoms with E-state index in [9.17, 15) is 0 Å². The van der Waals surface area contributed by atoms with E-state index in [0.29, 0.717) is 43.3 Å². The summed E-state index contributed by atoms with van der Waals surface area (Å²) < 4.78 is 0. The molecule has 0 heterocycles. The van der Waals surface area contributed by atoms with Crippen LogP contribution in [-0.2, 0) is 0 Å². The van der Waals surface area contributed by atoms with Gasteiger partial charge < -0.3 is 0 Å². The Morgan fingerprint density at radius 1 is 0.545 bits per heavy atom. The van der Waals surface area contributed by atoms with Gasteiger partial charge in [-0.15, -0.1) is 0 Å². The molecule has 0 nitrogen and oxygen atoms in total. The Hall–Kier alpha value is 0. The molecule has 0 aromatic heterocycles. The molecule has 0 N–H and O–H groups in total. The van der Waals surface area contributed by atoms with E-state index in [2.05, 4.69) is 69.2 Å². The van der Waals surface area contributed by atoms with Crippen LogP contribution in [0.4, 0.5) is 0 Å². The highest BCUT2D eigenvalue weighted by molar-refractivity contribution is 5.52. The minimum absolute atomic E-state index is 0.515. The van der Waals surface area contributed by atoms with E-state index < -0.39 is 0 Å². The molecule has 0 spiro atoms. The fraction of sp³-hybridized carbons (Fsp3) is 1.00. The predicted octanol–water partition coefficient (Wildman–Crippen LogP) is 6.16. The second-order valence-electron chi connectivity index (χ2n) is 12.0. The fourth-order valence-corrected chi connectivity index (χ4v) is 12.3. The second kappa shape index (κ2) is 2.68. The molecule has 0 amide bonds. The number of hydrogen-bond acceptors (Lipinski definition) is 0. The summed E-state index contributed by atoms with van der Waals surface area (Å²) in [6, 6.07) is 0. The highest BCUT2D eigenvalue weighted by Crippen LogP contribution is 3.09. The third-order valence-corrected chi connectivity index (χ3v) is 14.0. The zero-order valence-electron chi connectivity index (χ0n) is 16.6. The molecule has 0 heteroatoms. The molecule has 124 valence electrons. The smallest absolute Gasteiger partial charge is 0.0139 e. The molecular weight excluding hydrogens is 264 g/mol. The van der Waals surface area contributed by atoms with Gasteiger partial charge >= 0.3 is 0 Å². The van der Waals surface area contributed by atoms with Gasteiger partial charge in [0.15, 0.2) is 0 Å². The first kappa shape index (κ1) is 14.4. The minimum Gasteiger partial charge on any atom is -0.0614 e. The maximum Gasteiger partial charge on any atom is -0.0139 e. The monoisotopic (exact) mass is 300 g/mol. The molecule has 0 saturated heterocycles. The summed E-state index contributed by atoms with van der Waals surface area (Å²) in [6.07, 6.45) is 2.94. The van der Waals surface area contributed by atoms with Crippen molar-refractivity contribution in [2.45, 2.75) is 82.1 Å². The second-order valence-corrected chi connectivity index (χ2v) is 12.0. The number of rotatable bonds is 0. The summed E-state index contributed by atoms with van der Waals surface area (Å²) >= 11 is 0. The summed E-state index contributed by atoms with van der Waals surface area (Å²) in [4.78, 5) is 0. The van der Waals surface area contributed by atoms with Crippen molar-refractivity contribution < 1.29 is 0 Å². The Morgan fingerprint density at radius 3 is 1.09 bits per heavy atom. The lowest BCUT2D eigenvalue weighted by atomic mass is 9.07. The lowest BCUT2D eigenvalue weighted by Gasteiger charge is -2.97. The van der Waals surface area contributed by atoms with Crippen molar-refractivity contribution in [2.75, 3.05) is 0 Å². The topological polar surface area (TPSA) is 0 Å². The van der Waals surface area contributed by atoms with Gasteiger partial charge in [0.05, 0.1) is 0 Å². The first-order chi connectivity index (χ1) is 9.72. The molecule has 6 aliphatic rings. The summed E-state index contributed by atoms with van der Waals surface area (Å²) in [5, 5.41) is 0. The van der Waals surface area contributed by atoms with Crippen molar-refractivity contribution in [1.29, 1.82) is 0 Å². The van der Waals surface area contributed by atoms with Crippen LogP contribution >= 0.6 is 0 Å². The van der Waals surface area contributed by atoms with Crippen molar-refractivity contribution in [3.05, 3.63) is 0 Å². The van der Waals surface area contributed by atoms with Crippen molar-refractivity contribution in [1.82, 2.24) is 0 Å². The Kier molecular flexibility index (Phi) is 1.75. The zero-order valence-corrected chi connectivity index (χ0v) is 16.6. The highest BCUT2D eigenvalue weighted by atomic mass is 15.1. The Balaban J connectivity index is 1.98.